The van der Waals surface area contributed by atoms with Gasteiger partial charge in [0.25, 0.3) is 5.91 Å². The molecule has 6 heteroatoms. The Labute approximate surface area is 121 Å². The molecule has 1 heterocycles. The lowest BCUT2D eigenvalue weighted by Gasteiger charge is -2.23. The summed E-state index contributed by atoms with van der Waals surface area (Å²) in [5.74, 6) is 1.34. The Bertz CT molecular complexity index is 403. The largest absolute Gasteiger partial charge is 0.345 e. The van der Waals surface area contributed by atoms with Gasteiger partial charge in [0.15, 0.2) is 0 Å². The van der Waals surface area contributed by atoms with Gasteiger partial charge >= 0.3 is 0 Å². The summed E-state index contributed by atoms with van der Waals surface area (Å²) in [6.07, 6.45) is 2.73. The van der Waals surface area contributed by atoms with E-state index in [-0.39, 0.29) is 17.8 Å². The zero-order valence-corrected chi connectivity index (χ0v) is 13.2. The molecular formula is C14H27N5O. The molecular weight excluding hydrogens is 254 g/mol. The molecule has 0 aliphatic rings. The molecule has 20 heavy (non-hydrogen) atoms. The number of aryl methyl sites for hydroxylation is 1. The van der Waals surface area contributed by atoms with Crippen LogP contribution < -0.4 is 5.32 Å². The Balaban J connectivity index is 2.63. The van der Waals surface area contributed by atoms with Gasteiger partial charge < -0.3 is 10.2 Å². The van der Waals surface area contributed by atoms with E-state index in [1.807, 2.05) is 14.1 Å². The summed E-state index contributed by atoms with van der Waals surface area (Å²) in [5.41, 5.74) is 0. The van der Waals surface area contributed by atoms with Crippen LogP contribution in [0.5, 0.6) is 0 Å². The first kappa shape index (κ1) is 16.6. The van der Waals surface area contributed by atoms with E-state index in [2.05, 4.69) is 46.2 Å². The summed E-state index contributed by atoms with van der Waals surface area (Å²) < 4.78 is 0. The maximum Gasteiger partial charge on any atom is 0.291 e. The molecule has 0 saturated carbocycles. The Hall–Kier alpha value is -1.43. The van der Waals surface area contributed by atoms with E-state index in [0.717, 1.165) is 31.6 Å². The predicted octanol–water partition coefficient (Wildman–Crippen LogP) is 1.46. The van der Waals surface area contributed by atoms with Crippen LogP contribution >= 0.6 is 0 Å². The van der Waals surface area contributed by atoms with E-state index in [1.165, 1.54) is 0 Å². The average molecular weight is 281 g/mol. The molecule has 1 atom stereocenters. The smallest absolute Gasteiger partial charge is 0.291 e. The lowest BCUT2D eigenvalue weighted by Crippen LogP contribution is -2.42. The first-order valence-corrected chi connectivity index (χ1v) is 7.29. The SMILES string of the molecule is CCCc1nc(C(=O)NC(CC(C)C)CN(C)C)n[nH]1. The molecule has 2 N–H and O–H groups in total. The summed E-state index contributed by atoms with van der Waals surface area (Å²) in [6.45, 7) is 7.19. The second-order valence-corrected chi connectivity index (χ2v) is 5.92. The molecule has 0 fully saturated rings. The number of aromatic amines is 1. The van der Waals surface area contributed by atoms with E-state index in [4.69, 9.17) is 0 Å². The molecule has 6 nitrogen and oxygen atoms in total. The minimum atomic E-state index is -0.198. The molecule has 1 unspecified atom stereocenters. The van der Waals surface area contributed by atoms with Crippen molar-refractivity contribution in [2.24, 2.45) is 5.92 Å². The zero-order chi connectivity index (χ0) is 15.1. The summed E-state index contributed by atoms with van der Waals surface area (Å²) in [5, 5.41) is 9.82. The molecule has 1 aromatic heterocycles. The molecule has 0 aliphatic carbocycles. The molecule has 114 valence electrons. The van der Waals surface area contributed by atoms with Gasteiger partial charge in [0.1, 0.15) is 5.82 Å². The summed E-state index contributed by atoms with van der Waals surface area (Å²) in [6, 6.07) is 0.116. The van der Waals surface area contributed by atoms with Crippen molar-refractivity contribution in [3.63, 3.8) is 0 Å². The highest BCUT2D eigenvalue weighted by Gasteiger charge is 2.18. The van der Waals surface area contributed by atoms with Crippen LogP contribution in [0.1, 0.15) is 50.1 Å². The molecule has 0 spiro atoms. The molecule has 1 aromatic rings. The highest BCUT2D eigenvalue weighted by atomic mass is 16.2. The van der Waals surface area contributed by atoms with E-state index in [9.17, 15) is 4.79 Å². The van der Waals surface area contributed by atoms with Gasteiger partial charge in [-0.05, 0) is 32.9 Å². The number of aromatic nitrogens is 3. The molecule has 1 amide bonds. The first-order chi connectivity index (χ1) is 9.42. The third-order valence-corrected chi connectivity index (χ3v) is 2.90. The zero-order valence-electron chi connectivity index (χ0n) is 13.2. The molecule has 0 saturated heterocycles. The van der Waals surface area contributed by atoms with Gasteiger partial charge in [0.05, 0.1) is 0 Å². The molecule has 0 aromatic carbocycles. The summed E-state index contributed by atoms with van der Waals surface area (Å²) >= 11 is 0. The van der Waals surface area contributed by atoms with Crippen molar-refractivity contribution in [1.29, 1.82) is 0 Å². The van der Waals surface area contributed by atoms with Gasteiger partial charge in [0.2, 0.25) is 5.82 Å². The fourth-order valence-electron chi connectivity index (χ4n) is 2.18. The minimum absolute atomic E-state index is 0.116. The Morgan fingerprint density at radius 1 is 1.40 bits per heavy atom. The number of hydrogen-bond acceptors (Lipinski definition) is 4. The van der Waals surface area contributed by atoms with Crippen LogP contribution in [0.3, 0.4) is 0 Å². The second-order valence-electron chi connectivity index (χ2n) is 5.92. The van der Waals surface area contributed by atoms with Crippen molar-refractivity contribution < 1.29 is 4.79 Å². The standard InChI is InChI=1S/C14H27N5O/c1-6-7-12-16-13(18-17-12)14(20)15-11(8-10(2)3)9-19(4)5/h10-11H,6-9H2,1-5H3,(H,15,20)(H,16,17,18). The molecule has 0 bridgehead atoms. The van der Waals surface area contributed by atoms with E-state index < -0.39 is 0 Å². The highest BCUT2D eigenvalue weighted by Crippen LogP contribution is 2.06. The fourth-order valence-corrected chi connectivity index (χ4v) is 2.18. The summed E-state index contributed by atoms with van der Waals surface area (Å²) in [4.78, 5) is 18.5. The van der Waals surface area contributed by atoms with Crippen LogP contribution in [-0.2, 0) is 6.42 Å². The summed E-state index contributed by atoms with van der Waals surface area (Å²) in [7, 11) is 4.01. The van der Waals surface area contributed by atoms with Crippen LogP contribution in [-0.4, -0.2) is 52.7 Å². The molecule has 1 rings (SSSR count). The third kappa shape index (κ3) is 5.69. The van der Waals surface area contributed by atoms with Crippen LogP contribution in [0, 0.1) is 5.92 Å². The number of carbonyl (C=O) groups is 1. The molecule has 0 aliphatic heterocycles. The van der Waals surface area contributed by atoms with Gasteiger partial charge in [-0.2, -0.15) is 0 Å². The van der Waals surface area contributed by atoms with Crippen LogP contribution in [0.15, 0.2) is 0 Å². The first-order valence-electron chi connectivity index (χ1n) is 7.29. The average Bonchev–Trinajstić information content (AvgIpc) is 2.76. The number of hydrogen-bond donors (Lipinski definition) is 2. The number of nitrogens with zero attached hydrogens (tertiary/aromatic N) is 3. The fraction of sp³-hybridized carbons (Fsp3) is 0.786. The maximum absolute atomic E-state index is 12.2. The van der Waals surface area contributed by atoms with Crippen molar-refractivity contribution in [3.8, 4) is 0 Å². The number of H-pyrrole nitrogens is 1. The second kappa shape index (κ2) is 7.99. The normalized spacial score (nSPS) is 12.9. The van der Waals surface area contributed by atoms with Gasteiger partial charge in [-0.15, -0.1) is 5.10 Å². The number of rotatable bonds is 8. The lowest BCUT2D eigenvalue weighted by molar-refractivity contribution is 0.0914. The third-order valence-electron chi connectivity index (χ3n) is 2.90. The van der Waals surface area contributed by atoms with E-state index in [1.54, 1.807) is 0 Å². The lowest BCUT2D eigenvalue weighted by atomic mass is 10.0. The number of nitrogens with one attached hydrogen (secondary N) is 2. The van der Waals surface area contributed by atoms with E-state index in [0.29, 0.717) is 5.92 Å². The topological polar surface area (TPSA) is 73.9 Å². The Kier molecular flexibility index (Phi) is 6.64. The van der Waals surface area contributed by atoms with Gasteiger partial charge in [-0.25, -0.2) is 4.98 Å². The van der Waals surface area contributed by atoms with Crippen molar-refractivity contribution >= 4 is 5.91 Å². The van der Waals surface area contributed by atoms with Crippen LogP contribution in [0.2, 0.25) is 0 Å². The highest BCUT2D eigenvalue weighted by molar-refractivity contribution is 5.90. The van der Waals surface area contributed by atoms with Crippen molar-refractivity contribution in [2.75, 3.05) is 20.6 Å². The predicted molar refractivity (Wildman–Crippen MR) is 79.6 cm³/mol. The Morgan fingerprint density at radius 2 is 2.10 bits per heavy atom. The van der Waals surface area contributed by atoms with Crippen LogP contribution in [0.4, 0.5) is 0 Å². The number of carbonyl (C=O) groups excluding carboxylic acids is 1. The van der Waals surface area contributed by atoms with Gasteiger partial charge in [0, 0.05) is 19.0 Å². The van der Waals surface area contributed by atoms with Crippen molar-refractivity contribution in [1.82, 2.24) is 25.4 Å². The van der Waals surface area contributed by atoms with Gasteiger partial charge in [-0.1, -0.05) is 20.8 Å². The molecule has 0 radical (unpaired) electrons. The Morgan fingerprint density at radius 3 is 2.65 bits per heavy atom. The van der Waals surface area contributed by atoms with Gasteiger partial charge in [-0.3, -0.25) is 9.89 Å². The number of amides is 1. The number of likely N-dealkylation sites (N-methyl/N-ethyl adjacent to an activating group) is 1. The minimum Gasteiger partial charge on any atom is -0.345 e. The van der Waals surface area contributed by atoms with E-state index >= 15 is 0 Å². The van der Waals surface area contributed by atoms with Crippen molar-refractivity contribution in [3.05, 3.63) is 11.6 Å². The van der Waals surface area contributed by atoms with Crippen molar-refractivity contribution in [2.45, 2.75) is 46.1 Å². The monoisotopic (exact) mass is 281 g/mol. The van der Waals surface area contributed by atoms with Crippen LogP contribution in [0.25, 0.3) is 0 Å². The quantitative estimate of drug-likeness (QED) is 0.756. The maximum atomic E-state index is 12.2.